The Morgan fingerprint density at radius 3 is 2.40 bits per heavy atom. The predicted molar refractivity (Wildman–Crippen MR) is 106 cm³/mol. The van der Waals surface area contributed by atoms with Crippen molar-refractivity contribution in [2.24, 2.45) is 11.0 Å². The lowest BCUT2D eigenvalue weighted by molar-refractivity contribution is -0.124. The van der Waals surface area contributed by atoms with Gasteiger partial charge >= 0.3 is 0 Å². The Balaban J connectivity index is 1.71. The highest BCUT2D eigenvalue weighted by atomic mass is 79.9. The molecule has 3 nitrogen and oxygen atoms in total. The van der Waals surface area contributed by atoms with Crippen LogP contribution in [0.15, 0.2) is 64.2 Å². The van der Waals surface area contributed by atoms with Crippen molar-refractivity contribution in [2.75, 3.05) is 0 Å². The highest BCUT2D eigenvalue weighted by Gasteiger charge is 2.30. The van der Waals surface area contributed by atoms with Crippen molar-refractivity contribution in [3.63, 3.8) is 0 Å². The van der Waals surface area contributed by atoms with Crippen LogP contribution in [0.4, 0.5) is 0 Å². The van der Waals surface area contributed by atoms with E-state index in [-0.39, 0.29) is 11.8 Å². The molecule has 0 heterocycles. The molecule has 4 heteroatoms. The van der Waals surface area contributed by atoms with E-state index in [9.17, 15) is 4.79 Å². The van der Waals surface area contributed by atoms with E-state index in [0.717, 1.165) is 28.4 Å². The number of nitrogens with zero attached hydrogens (tertiary/aromatic N) is 1. The van der Waals surface area contributed by atoms with Crippen molar-refractivity contribution in [1.29, 1.82) is 0 Å². The second kappa shape index (κ2) is 8.95. The second-order valence-electron chi connectivity index (χ2n) is 6.57. The molecule has 1 N–H and O–H groups in total. The Bertz CT molecular complexity index is 706. The number of hydrogen-bond donors (Lipinski definition) is 1. The van der Waals surface area contributed by atoms with Gasteiger partial charge in [-0.05, 0) is 42.0 Å². The first kappa shape index (κ1) is 17.9. The van der Waals surface area contributed by atoms with E-state index in [1.807, 2.05) is 42.5 Å². The number of carbonyl (C=O) groups excluding carboxylic acids is 1. The third-order valence-electron chi connectivity index (χ3n) is 4.82. The Hall–Kier alpha value is -1.94. The molecule has 1 saturated carbocycles. The van der Waals surface area contributed by atoms with Gasteiger partial charge in [0.15, 0.2) is 0 Å². The SMILES string of the molecule is O=C(N/N=C\c1ccc(Br)cc1)[C@H](c1ccccc1)C1CCCCC1. The predicted octanol–water partition coefficient (Wildman–Crippen LogP) is 5.26. The zero-order chi connectivity index (χ0) is 17.5. The number of carbonyl (C=O) groups is 1. The number of hydrogen-bond acceptors (Lipinski definition) is 2. The van der Waals surface area contributed by atoms with Gasteiger partial charge in [0, 0.05) is 4.47 Å². The largest absolute Gasteiger partial charge is 0.272 e. The lowest BCUT2D eigenvalue weighted by Crippen LogP contribution is -2.31. The number of rotatable bonds is 5. The molecule has 2 aromatic carbocycles. The fraction of sp³-hybridized carbons (Fsp3) is 0.333. The molecule has 1 amide bonds. The molecule has 25 heavy (non-hydrogen) atoms. The van der Waals surface area contributed by atoms with Crippen molar-refractivity contribution < 1.29 is 4.79 Å². The summed E-state index contributed by atoms with van der Waals surface area (Å²) in [5.41, 5.74) is 4.81. The average molecular weight is 399 g/mol. The first-order valence-corrected chi connectivity index (χ1v) is 9.67. The van der Waals surface area contributed by atoms with E-state index in [0.29, 0.717) is 5.92 Å². The van der Waals surface area contributed by atoms with Gasteiger partial charge in [0.2, 0.25) is 5.91 Å². The maximum Gasteiger partial charge on any atom is 0.247 e. The Morgan fingerprint density at radius 2 is 1.72 bits per heavy atom. The fourth-order valence-electron chi connectivity index (χ4n) is 3.55. The molecule has 1 aliphatic rings. The molecule has 0 saturated heterocycles. The van der Waals surface area contributed by atoms with E-state index in [1.54, 1.807) is 6.21 Å². The monoisotopic (exact) mass is 398 g/mol. The van der Waals surface area contributed by atoms with Gasteiger partial charge in [0.1, 0.15) is 0 Å². The molecule has 0 aliphatic heterocycles. The van der Waals surface area contributed by atoms with Crippen LogP contribution in [0.2, 0.25) is 0 Å². The van der Waals surface area contributed by atoms with Crippen LogP contribution in [0.1, 0.15) is 49.1 Å². The topological polar surface area (TPSA) is 41.5 Å². The molecule has 0 spiro atoms. The first-order valence-electron chi connectivity index (χ1n) is 8.87. The average Bonchev–Trinajstić information content (AvgIpc) is 2.65. The van der Waals surface area contributed by atoms with Crippen LogP contribution < -0.4 is 5.43 Å². The summed E-state index contributed by atoms with van der Waals surface area (Å²) in [6, 6.07) is 17.9. The molecule has 1 fully saturated rings. The lowest BCUT2D eigenvalue weighted by Gasteiger charge is -2.29. The van der Waals surface area contributed by atoms with Gasteiger partial charge in [-0.2, -0.15) is 5.10 Å². The van der Waals surface area contributed by atoms with Crippen LogP contribution in [0.3, 0.4) is 0 Å². The van der Waals surface area contributed by atoms with Gasteiger partial charge in [0.05, 0.1) is 12.1 Å². The Labute approximate surface area is 157 Å². The summed E-state index contributed by atoms with van der Waals surface area (Å²) in [5.74, 6) is 0.272. The van der Waals surface area contributed by atoms with Gasteiger partial charge < -0.3 is 0 Å². The van der Waals surface area contributed by atoms with E-state index in [4.69, 9.17) is 0 Å². The zero-order valence-corrected chi connectivity index (χ0v) is 15.8. The number of halogens is 1. The summed E-state index contributed by atoms with van der Waals surface area (Å²) < 4.78 is 1.02. The highest BCUT2D eigenvalue weighted by Crippen LogP contribution is 2.36. The molecule has 1 atom stereocenters. The minimum Gasteiger partial charge on any atom is -0.272 e. The molecule has 3 rings (SSSR count). The van der Waals surface area contributed by atoms with Crippen LogP contribution in [-0.2, 0) is 4.79 Å². The fourth-order valence-corrected chi connectivity index (χ4v) is 3.82. The number of hydrazone groups is 1. The third kappa shape index (κ3) is 5.02. The summed E-state index contributed by atoms with van der Waals surface area (Å²) in [7, 11) is 0. The summed E-state index contributed by atoms with van der Waals surface area (Å²) in [4.78, 5) is 12.9. The minimum absolute atomic E-state index is 0.00791. The summed E-state index contributed by atoms with van der Waals surface area (Å²) in [5, 5.41) is 4.17. The molecule has 2 aromatic rings. The molecular weight excluding hydrogens is 376 g/mol. The van der Waals surface area contributed by atoms with E-state index < -0.39 is 0 Å². The van der Waals surface area contributed by atoms with Crippen molar-refractivity contribution in [3.05, 3.63) is 70.2 Å². The van der Waals surface area contributed by atoms with E-state index >= 15 is 0 Å². The van der Waals surface area contributed by atoms with Crippen molar-refractivity contribution >= 4 is 28.1 Å². The quantitative estimate of drug-likeness (QED) is 0.541. The van der Waals surface area contributed by atoms with Crippen molar-refractivity contribution in [3.8, 4) is 0 Å². The molecule has 0 radical (unpaired) electrons. The smallest absolute Gasteiger partial charge is 0.247 e. The van der Waals surface area contributed by atoms with Gasteiger partial charge in [-0.3, -0.25) is 4.79 Å². The maximum absolute atomic E-state index is 12.9. The number of nitrogens with one attached hydrogen (secondary N) is 1. The van der Waals surface area contributed by atoms with E-state index in [1.165, 1.54) is 19.3 Å². The van der Waals surface area contributed by atoms with E-state index in [2.05, 4.69) is 38.6 Å². The standard InChI is InChI=1S/C21H23BrN2O/c22-19-13-11-16(12-14-19)15-23-24-21(25)20(17-7-3-1-4-8-17)18-9-5-2-6-10-18/h1,3-4,7-8,11-15,18,20H,2,5-6,9-10H2,(H,24,25)/b23-15-/t20-/m1/s1. The molecule has 0 unspecified atom stereocenters. The van der Waals surface area contributed by atoms with Crippen molar-refractivity contribution in [2.45, 2.75) is 38.0 Å². The van der Waals surface area contributed by atoms with Gasteiger partial charge in [-0.1, -0.05) is 77.7 Å². The molecular formula is C21H23BrN2O. The molecule has 1 aliphatic carbocycles. The first-order chi connectivity index (χ1) is 12.2. The Kier molecular flexibility index (Phi) is 6.40. The lowest BCUT2D eigenvalue weighted by atomic mass is 9.76. The molecule has 130 valence electrons. The third-order valence-corrected chi connectivity index (χ3v) is 5.35. The normalized spacial score (nSPS) is 16.7. The number of benzene rings is 2. The maximum atomic E-state index is 12.9. The van der Waals surface area contributed by atoms with Crippen LogP contribution in [0, 0.1) is 5.92 Å². The number of amides is 1. The van der Waals surface area contributed by atoms with Crippen molar-refractivity contribution in [1.82, 2.24) is 5.43 Å². The van der Waals surface area contributed by atoms with Gasteiger partial charge in [-0.25, -0.2) is 5.43 Å². The van der Waals surface area contributed by atoms with Crippen LogP contribution in [-0.4, -0.2) is 12.1 Å². The van der Waals surface area contributed by atoms with Gasteiger partial charge in [-0.15, -0.1) is 0 Å². The highest BCUT2D eigenvalue weighted by molar-refractivity contribution is 9.10. The summed E-state index contributed by atoms with van der Waals surface area (Å²) in [6.45, 7) is 0. The van der Waals surface area contributed by atoms with Crippen LogP contribution in [0.5, 0.6) is 0 Å². The second-order valence-corrected chi connectivity index (χ2v) is 7.49. The molecule has 0 bridgehead atoms. The Morgan fingerprint density at radius 1 is 1.04 bits per heavy atom. The van der Waals surface area contributed by atoms with Crippen LogP contribution in [0.25, 0.3) is 0 Å². The zero-order valence-electron chi connectivity index (χ0n) is 14.2. The minimum atomic E-state index is -0.122. The summed E-state index contributed by atoms with van der Waals surface area (Å²) >= 11 is 3.41. The van der Waals surface area contributed by atoms with Crippen LogP contribution >= 0.6 is 15.9 Å². The van der Waals surface area contributed by atoms with Gasteiger partial charge in [0.25, 0.3) is 0 Å². The molecule has 0 aromatic heterocycles. The summed E-state index contributed by atoms with van der Waals surface area (Å²) in [6.07, 6.45) is 7.62.